The molecule has 164 valence electrons. The summed E-state index contributed by atoms with van der Waals surface area (Å²) in [5, 5.41) is 1.66. The molecular formula is C22H25FN4O2S2. The Kier molecular flexibility index (Phi) is 6.27. The van der Waals surface area contributed by atoms with E-state index in [1.807, 2.05) is 30.1 Å². The van der Waals surface area contributed by atoms with Crippen molar-refractivity contribution in [2.24, 2.45) is 0 Å². The Morgan fingerprint density at radius 1 is 1.26 bits per heavy atom. The monoisotopic (exact) mass is 460 g/mol. The third-order valence-corrected chi connectivity index (χ3v) is 7.47. The molecule has 31 heavy (non-hydrogen) atoms. The Morgan fingerprint density at radius 3 is 2.74 bits per heavy atom. The molecule has 0 saturated carbocycles. The molecule has 1 atom stereocenters. The van der Waals surface area contributed by atoms with Crippen LogP contribution in [0, 0.1) is 12.7 Å². The van der Waals surface area contributed by atoms with Gasteiger partial charge in [-0.2, -0.15) is 4.37 Å². The average Bonchev–Trinajstić information content (AvgIpc) is 3.41. The molecule has 0 amide bonds. The van der Waals surface area contributed by atoms with Gasteiger partial charge in [0.1, 0.15) is 4.90 Å². The second kappa shape index (κ2) is 8.94. The van der Waals surface area contributed by atoms with Crippen LogP contribution in [0.25, 0.3) is 0 Å². The fourth-order valence-electron chi connectivity index (χ4n) is 3.94. The number of sulfonamides is 1. The number of anilines is 2. The lowest BCUT2D eigenvalue weighted by Gasteiger charge is -2.28. The molecule has 3 aromatic rings. The molecule has 2 aromatic carbocycles. The SMILES string of the molecule is Cc1cc(N(C)C2CCN(Cc3ccccc3)C2)c(F)c(S(=O)(=O)Nc2ccsn2)c1. The van der Waals surface area contributed by atoms with Gasteiger partial charge in [0.2, 0.25) is 0 Å². The zero-order chi connectivity index (χ0) is 22.0. The quantitative estimate of drug-likeness (QED) is 0.575. The third kappa shape index (κ3) is 4.89. The molecule has 1 aliphatic heterocycles. The molecule has 4 rings (SSSR count). The lowest BCUT2D eigenvalue weighted by atomic mass is 10.1. The van der Waals surface area contributed by atoms with E-state index in [1.165, 1.54) is 11.6 Å². The van der Waals surface area contributed by atoms with Crippen molar-refractivity contribution in [2.75, 3.05) is 29.8 Å². The first kappa shape index (κ1) is 21.7. The molecule has 9 heteroatoms. The summed E-state index contributed by atoms with van der Waals surface area (Å²) < 4.78 is 47.4. The van der Waals surface area contributed by atoms with Crippen molar-refractivity contribution < 1.29 is 12.8 Å². The molecule has 2 heterocycles. The van der Waals surface area contributed by atoms with E-state index in [2.05, 4.69) is 26.1 Å². The lowest BCUT2D eigenvalue weighted by molar-refractivity contribution is 0.325. The first-order valence-corrected chi connectivity index (χ1v) is 12.4. The number of nitrogens with zero attached hydrogens (tertiary/aromatic N) is 3. The van der Waals surface area contributed by atoms with Crippen LogP contribution in [0.3, 0.4) is 0 Å². The summed E-state index contributed by atoms with van der Waals surface area (Å²) in [4.78, 5) is 3.85. The summed E-state index contributed by atoms with van der Waals surface area (Å²) in [5.41, 5.74) is 2.22. The molecule has 1 N–H and O–H groups in total. The van der Waals surface area contributed by atoms with Crippen LogP contribution < -0.4 is 9.62 Å². The van der Waals surface area contributed by atoms with E-state index in [0.29, 0.717) is 11.3 Å². The zero-order valence-electron chi connectivity index (χ0n) is 17.5. The number of likely N-dealkylation sites (N-methyl/N-ethyl adjacent to an activating group) is 1. The number of aryl methyl sites for hydroxylation is 1. The summed E-state index contributed by atoms with van der Waals surface area (Å²) in [5.74, 6) is -0.550. The van der Waals surface area contributed by atoms with E-state index in [0.717, 1.165) is 37.6 Å². The number of benzene rings is 2. The van der Waals surface area contributed by atoms with Gasteiger partial charge in [0.25, 0.3) is 10.0 Å². The predicted molar refractivity (Wildman–Crippen MR) is 123 cm³/mol. The minimum Gasteiger partial charge on any atom is -0.368 e. The zero-order valence-corrected chi connectivity index (χ0v) is 19.1. The summed E-state index contributed by atoms with van der Waals surface area (Å²) in [6.45, 7) is 4.32. The average molecular weight is 461 g/mol. The van der Waals surface area contributed by atoms with Gasteiger partial charge >= 0.3 is 0 Å². The maximum absolute atomic E-state index is 15.4. The molecular weight excluding hydrogens is 435 g/mol. The van der Waals surface area contributed by atoms with Crippen molar-refractivity contribution >= 4 is 33.1 Å². The van der Waals surface area contributed by atoms with Crippen LogP contribution >= 0.6 is 11.5 Å². The summed E-state index contributed by atoms with van der Waals surface area (Å²) >= 11 is 1.12. The maximum Gasteiger partial charge on any atom is 0.266 e. The van der Waals surface area contributed by atoms with Gasteiger partial charge in [-0.15, -0.1) is 0 Å². The molecule has 0 bridgehead atoms. The second-order valence-electron chi connectivity index (χ2n) is 7.86. The molecule has 0 radical (unpaired) electrons. The smallest absolute Gasteiger partial charge is 0.266 e. The summed E-state index contributed by atoms with van der Waals surface area (Å²) in [6.07, 6.45) is 0.885. The summed E-state index contributed by atoms with van der Waals surface area (Å²) in [7, 11) is -2.25. The number of hydrogen-bond donors (Lipinski definition) is 1. The van der Waals surface area contributed by atoms with Crippen molar-refractivity contribution in [3.05, 3.63) is 70.9 Å². The summed E-state index contributed by atoms with van der Waals surface area (Å²) in [6, 6.07) is 15.0. The Bertz CT molecular complexity index is 1140. The lowest BCUT2D eigenvalue weighted by Crippen LogP contribution is -2.35. The molecule has 0 spiro atoms. The van der Waals surface area contributed by atoms with Crippen molar-refractivity contribution in [1.82, 2.24) is 9.27 Å². The largest absolute Gasteiger partial charge is 0.368 e. The van der Waals surface area contributed by atoms with Gasteiger partial charge in [0, 0.05) is 38.1 Å². The molecule has 1 unspecified atom stereocenters. The topological polar surface area (TPSA) is 65.5 Å². The van der Waals surface area contributed by atoms with Gasteiger partial charge < -0.3 is 4.90 Å². The van der Waals surface area contributed by atoms with Crippen LogP contribution in [-0.2, 0) is 16.6 Å². The van der Waals surface area contributed by atoms with E-state index >= 15 is 4.39 Å². The number of halogens is 1. The van der Waals surface area contributed by atoms with Crippen molar-refractivity contribution in [1.29, 1.82) is 0 Å². The molecule has 1 aromatic heterocycles. The van der Waals surface area contributed by atoms with E-state index in [4.69, 9.17) is 0 Å². The number of nitrogens with one attached hydrogen (secondary N) is 1. The number of hydrogen-bond acceptors (Lipinski definition) is 6. The van der Waals surface area contributed by atoms with Gasteiger partial charge in [-0.25, -0.2) is 12.8 Å². The molecule has 1 aliphatic rings. The Hall–Kier alpha value is -2.49. The first-order valence-electron chi connectivity index (χ1n) is 10.1. The third-order valence-electron chi connectivity index (χ3n) is 5.55. The van der Waals surface area contributed by atoms with Gasteiger partial charge in [-0.1, -0.05) is 30.3 Å². The van der Waals surface area contributed by atoms with Gasteiger partial charge in [-0.05, 0) is 54.2 Å². The van der Waals surface area contributed by atoms with Gasteiger partial charge in [-0.3, -0.25) is 9.62 Å². The number of rotatable bonds is 7. The highest BCUT2D eigenvalue weighted by molar-refractivity contribution is 7.92. The second-order valence-corrected chi connectivity index (χ2v) is 10.2. The van der Waals surface area contributed by atoms with E-state index in [1.54, 1.807) is 24.4 Å². The fourth-order valence-corrected chi connectivity index (χ4v) is 5.65. The number of aromatic nitrogens is 1. The van der Waals surface area contributed by atoms with Crippen LogP contribution in [0.2, 0.25) is 0 Å². The van der Waals surface area contributed by atoms with E-state index in [9.17, 15) is 8.42 Å². The maximum atomic E-state index is 15.4. The minimum atomic E-state index is -4.09. The first-order chi connectivity index (χ1) is 14.8. The highest BCUT2D eigenvalue weighted by Crippen LogP contribution is 2.31. The molecule has 1 saturated heterocycles. The fraction of sp³-hybridized carbons (Fsp3) is 0.318. The van der Waals surface area contributed by atoms with Gasteiger partial charge in [0.15, 0.2) is 11.6 Å². The molecule has 6 nitrogen and oxygen atoms in total. The van der Waals surface area contributed by atoms with Crippen molar-refractivity contribution in [2.45, 2.75) is 30.8 Å². The highest BCUT2D eigenvalue weighted by Gasteiger charge is 2.30. The van der Waals surface area contributed by atoms with Crippen LogP contribution in [0.1, 0.15) is 17.5 Å². The van der Waals surface area contributed by atoms with Crippen LogP contribution in [-0.4, -0.2) is 43.9 Å². The van der Waals surface area contributed by atoms with Gasteiger partial charge in [0.05, 0.1) is 5.69 Å². The predicted octanol–water partition coefficient (Wildman–Crippen LogP) is 4.10. The highest BCUT2D eigenvalue weighted by atomic mass is 32.2. The van der Waals surface area contributed by atoms with E-state index in [-0.39, 0.29) is 16.8 Å². The minimum absolute atomic E-state index is 0.0991. The van der Waals surface area contributed by atoms with Crippen molar-refractivity contribution in [3.63, 3.8) is 0 Å². The Balaban J connectivity index is 1.54. The van der Waals surface area contributed by atoms with E-state index < -0.39 is 15.8 Å². The Labute approximate surface area is 186 Å². The standard InChI is InChI=1S/C22H25FN4O2S2/c1-16-12-19(22(23)20(13-16)31(28,29)25-21-9-11-30-24-21)26(2)18-8-10-27(15-18)14-17-6-4-3-5-7-17/h3-7,9,11-13,18H,8,10,14-15H2,1-2H3,(H,24,25). The van der Waals surface area contributed by atoms with Crippen LogP contribution in [0.4, 0.5) is 15.9 Å². The normalized spacial score (nSPS) is 17.1. The van der Waals surface area contributed by atoms with Crippen molar-refractivity contribution in [3.8, 4) is 0 Å². The molecule has 1 fully saturated rings. The van der Waals surface area contributed by atoms with Crippen LogP contribution in [0.5, 0.6) is 0 Å². The van der Waals surface area contributed by atoms with Crippen LogP contribution in [0.15, 0.2) is 58.8 Å². The number of likely N-dealkylation sites (tertiary alicyclic amines) is 1. The Morgan fingerprint density at radius 2 is 2.03 bits per heavy atom. The molecule has 0 aliphatic carbocycles.